The fourth-order valence-electron chi connectivity index (χ4n) is 6.82. The molecule has 6 atom stereocenters. The van der Waals surface area contributed by atoms with E-state index in [1.165, 1.54) is 109 Å². The van der Waals surface area contributed by atoms with Crippen molar-refractivity contribution in [3.8, 4) is 0 Å². The van der Waals surface area contributed by atoms with Crippen molar-refractivity contribution in [3.05, 3.63) is 24.3 Å². The third kappa shape index (κ3) is 28.1. The second kappa shape index (κ2) is 37.3. The Hall–Kier alpha value is -1.33. The zero-order valence-corrected chi connectivity index (χ0v) is 34.7. The molecule has 1 saturated heterocycles. The van der Waals surface area contributed by atoms with Crippen molar-refractivity contribution in [1.29, 1.82) is 0 Å². The number of ether oxygens (including phenoxy) is 4. The van der Waals surface area contributed by atoms with Gasteiger partial charge in [0.25, 0.3) is 0 Å². The molecule has 9 heteroatoms. The van der Waals surface area contributed by atoms with Gasteiger partial charge >= 0.3 is 5.97 Å². The largest absolute Gasteiger partial charge is 0.457 e. The molecule has 1 heterocycles. The number of hydrogen-bond donors (Lipinski definition) is 4. The minimum Gasteiger partial charge on any atom is -0.457 e. The number of esters is 1. The van der Waals surface area contributed by atoms with Gasteiger partial charge in [-0.1, -0.05) is 173 Å². The van der Waals surface area contributed by atoms with E-state index in [0.29, 0.717) is 13.0 Å². The number of aliphatic hydroxyl groups is 4. The third-order valence-corrected chi connectivity index (χ3v) is 10.4. The Morgan fingerprint density at radius 2 is 1.11 bits per heavy atom. The lowest BCUT2D eigenvalue weighted by molar-refractivity contribution is -0.305. The van der Waals surface area contributed by atoms with Crippen LogP contribution in [0.2, 0.25) is 0 Å². The van der Waals surface area contributed by atoms with Crippen LogP contribution >= 0.6 is 0 Å². The first-order valence-corrected chi connectivity index (χ1v) is 22.4. The quantitative estimate of drug-likeness (QED) is 0.0275. The minimum atomic E-state index is -1.54. The molecule has 0 bridgehead atoms. The van der Waals surface area contributed by atoms with E-state index in [2.05, 4.69) is 38.2 Å². The highest BCUT2D eigenvalue weighted by Gasteiger charge is 2.44. The second-order valence-corrected chi connectivity index (χ2v) is 15.5. The fourth-order valence-corrected chi connectivity index (χ4v) is 6.82. The van der Waals surface area contributed by atoms with Gasteiger partial charge < -0.3 is 39.4 Å². The van der Waals surface area contributed by atoms with E-state index < -0.39 is 43.4 Å². The Labute approximate surface area is 330 Å². The summed E-state index contributed by atoms with van der Waals surface area (Å²) in [4.78, 5) is 12.7. The number of aliphatic hydroxyl groups excluding tert-OH is 4. The summed E-state index contributed by atoms with van der Waals surface area (Å²) >= 11 is 0. The molecule has 0 spiro atoms. The van der Waals surface area contributed by atoms with Crippen molar-refractivity contribution in [2.75, 3.05) is 26.4 Å². The van der Waals surface area contributed by atoms with Crippen LogP contribution in [0.4, 0.5) is 0 Å². The first kappa shape index (κ1) is 50.7. The Bertz CT molecular complexity index is 879. The van der Waals surface area contributed by atoms with Crippen molar-refractivity contribution >= 4 is 5.97 Å². The average Bonchev–Trinajstić information content (AvgIpc) is 3.17. The summed E-state index contributed by atoms with van der Waals surface area (Å²) in [6.45, 7) is 4.50. The van der Waals surface area contributed by atoms with Crippen molar-refractivity contribution in [3.63, 3.8) is 0 Å². The van der Waals surface area contributed by atoms with Crippen molar-refractivity contribution in [1.82, 2.24) is 0 Å². The van der Waals surface area contributed by atoms with Gasteiger partial charge in [0.05, 0.1) is 19.8 Å². The standard InChI is InChI=1S/C45H84O9/c1-3-5-7-9-11-13-15-17-18-19-20-21-23-25-27-29-31-33-35-51-37-39(38-52-45-44(50)43(49)42(48)40(36-46)54-45)53-41(47)34-32-30-28-26-24-22-16-14-12-10-8-6-4-2/h8,10,14,16,39-40,42-46,48-50H,3-7,9,11-13,15,17-38H2,1-2H3/b10-8-,16-14-. The summed E-state index contributed by atoms with van der Waals surface area (Å²) in [7, 11) is 0. The molecule has 0 aromatic rings. The second-order valence-electron chi connectivity index (χ2n) is 15.5. The zero-order valence-electron chi connectivity index (χ0n) is 34.7. The van der Waals surface area contributed by atoms with Crippen molar-refractivity contribution in [2.24, 2.45) is 0 Å². The topological polar surface area (TPSA) is 135 Å². The zero-order chi connectivity index (χ0) is 39.3. The van der Waals surface area contributed by atoms with Gasteiger partial charge in [-0.2, -0.15) is 0 Å². The highest BCUT2D eigenvalue weighted by Crippen LogP contribution is 2.22. The van der Waals surface area contributed by atoms with Crippen LogP contribution in [0.5, 0.6) is 0 Å². The molecule has 54 heavy (non-hydrogen) atoms. The van der Waals surface area contributed by atoms with Gasteiger partial charge in [0.1, 0.15) is 30.5 Å². The van der Waals surface area contributed by atoms with E-state index in [0.717, 1.165) is 64.2 Å². The lowest BCUT2D eigenvalue weighted by Gasteiger charge is -2.39. The molecule has 1 aliphatic rings. The summed E-state index contributed by atoms with van der Waals surface area (Å²) in [6, 6.07) is 0. The van der Waals surface area contributed by atoms with Gasteiger partial charge in [-0.25, -0.2) is 0 Å². The van der Waals surface area contributed by atoms with E-state index in [1.54, 1.807) is 0 Å². The average molecular weight is 769 g/mol. The molecule has 9 nitrogen and oxygen atoms in total. The van der Waals surface area contributed by atoms with Crippen LogP contribution in [-0.4, -0.2) is 89.6 Å². The van der Waals surface area contributed by atoms with Crippen molar-refractivity contribution < 1.29 is 44.2 Å². The molecule has 318 valence electrons. The molecule has 0 saturated carbocycles. The normalized spacial score (nSPS) is 21.0. The van der Waals surface area contributed by atoms with E-state index in [9.17, 15) is 25.2 Å². The third-order valence-electron chi connectivity index (χ3n) is 10.4. The van der Waals surface area contributed by atoms with Gasteiger partial charge in [0.2, 0.25) is 0 Å². The molecule has 0 aromatic heterocycles. The SMILES string of the molecule is CCC/C=C\C/C=C\CCCCCCCC(=O)OC(COCCCCCCCCCCCCCCCCCCCC)COC1OC(CO)C(O)C(O)C1O. The summed E-state index contributed by atoms with van der Waals surface area (Å²) < 4.78 is 22.8. The Balaban J connectivity index is 2.25. The maximum Gasteiger partial charge on any atom is 0.306 e. The molecule has 0 aromatic carbocycles. The first-order chi connectivity index (χ1) is 26.4. The molecule has 0 radical (unpaired) electrons. The monoisotopic (exact) mass is 769 g/mol. The van der Waals surface area contributed by atoms with Crippen LogP contribution in [0.1, 0.15) is 194 Å². The minimum absolute atomic E-state index is 0.116. The molecular formula is C45H84O9. The molecule has 0 aliphatic carbocycles. The van der Waals surface area contributed by atoms with Crippen LogP contribution in [0.15, 0.2) is 24.3 Å². The maximum absolute atomic E-state index is 12.7. The van der Waals surface area contributed by atoms with E-state index in [1.807, 2.05) is 0 Å². The highest BCUT2D eigenvalue weighted by molar-refractivity contribution is 5.69. The number of unbranched alkanes of at least 4 members (excludes halogenated alkanes) is 23. The Morgan fingerprint density at radius 1 is 0.593 bits per heavy atom. The highest BCUT2D eigenvalue weighted by atomic mass is 16.7. The molecule has 1 aliphatic heterocycles. The van der Waals surface area contributed by atoms with Crippen LogP contribution in [0.25, 0.3) is 0 Å². The summed E-state index contributed by atoms with van der Waals surface area (Å²) in [6.07, 6.45) is 34.9. The van der Waals surface area contributed by atoms with Crippen molar-refractivity contribution in [2.45, 2.75) is 230 Å². The fraction of sp³-hybridized carbons (Fsp3) is 0.889. The Morgan fingerprint density at radius 3 is 1.67 bits per heavy atom. The molecule has 0 amide bonds. The lowest BCUT2D eigenvalue weighted by Crippen LogP contribution is -2.59. The van der Waals surface area contributed by atoms with E-state index >= 15 is 0 Å². The van der Waals surface area contributed by atoms with Gasteiger partial charge in [-0.15, -0.1) is 0 Å². The molecule has 1 fully saturated rings. The number of carbonyl (C=O) groups excluding carboxylic acids is 1. The number of allylic oxidation sites excluding steroid dienone is 4. The van der Waals surface area contributed by atoms with Crippen LogP contribution in [-0.2, 0) is 23.7 Å². The Kier molecular flexibility index (Phi) is 35.0. The van der Waals surface area contributed by atoms with Crippen LogP contribution in [0.3, 0.4) is 0 Å². The predicted octanol–water partition coefficient (Wildman–Crippen LogP) is 9.81. The van der Waals surface area contributed by atoms with Crippen LogP contribution < -0.4 is 0 Å². The molecular weight excluding hydrogens is 684 g/mol. The smallest absolute Gasteiger partial charge is 0.306 e. The van der Waals surface area contributed by atoms with Gasteiger partial charge in [0, 0.05) is 13.0 Å². The molecule has 6 unspecified atom stereocenters. The maximum atomic E-state index is 12.7. The summed E-state index contributed by atoms with van der Waals surface area (Å²) in [5.41, 5.74) is 0. The van der Waals surface area contributed by atoms with Crippen LogP contribution in [0, 0.1) is 0 Å². The number of hydrogen-bond acceptors (Lipinski definition) is 9. The van der Waals surface area contributed by atoms with E-state index in [4.69, 9.17) is 18.9 Å². The summed E-state index contributed by atoms with van der Waals surface area (Å²) in [5.74, 6) is -0.326. The lowest BCUT2D eigenvalue weighted by atomic mass is 9.99. The van der Waals surface area contributed by atoms with E-state index in [-0.39, 0.29) is 19.2 Å². The molecule has 4 N–H and O–H groups in total. The predicted molar refractivity (Wildman–Crippen MR) is 219 cm³/mol. The molecule has 1 rings (SSSR count). The number of rotatable bonds is 38. The van der Waals surface area contributed by atoms with Gasteiger partial charge in [0.15, 0.2) is 6.29 Å². The van der Waals surface area contributed by atoms with Gasteiger partial charge in [-0.05, 0) is 38.5 Å². The first-order valence-electron chi connectivity index (χ1n) is 22.4. The van der Waals surface area contributed by atoms with Gasteiger partial charge in [-0.3, -0.25) is 4.79 Å². The summed E-state index contributed by atoms with van der Waals surface area (Å²) in [5, 5.41) is 40.1. The number of carbonyl (C=O) groups is 1.